The third-order valence-corrected chi connectivity index (χ3v) is 4.60. The highest BCUT2D eigenvalue weighted by atomic mass is 16.5. The first-order valence-electron chi connectivity index (χ1n) is 8.01. The van der Waals surface area contributed by atoms with Gasteiger partial charge in [0.25, 0.3) is 5.91 Å². The van der Waals surface area contributed by atoms with E-state index in [0.29, 0.717) is 31.4 Å². The lowest BCUT2D eigenvalue weighted by molar-refractivity contribution is -0.147. The molecule has 0 saturated carbocycles. The Morgan fingerprint density at radius 3 is 2.87 bits per heavy atom. The van der Waals surface area contributed by atoms with Crippen molar-refractivity contribution in [3.8, 4) is 0 Å². The van der Waals surface area contributed by atoms with Crippen molar-refractivity contribution in [2.75, 3.05) is 6.54 Å². The van der Waals surface area contributed by atoms with Crippen molar-refractivity contribution >= 4 is 5.91 Å². The van der Waals surface area contributed by atoms with Crippen molar-refractivity contribution in [2.24, 2.45) is 0 Å². The molecular formula is C17H19N3O3. The molecule has 1 aromatic carbocycles. The summed E-state index contributed by atoms with van der Waals surface area (Å²) in [5.41, 5.74) is 2.36. The predicted octanol–water partition coefficient (Wildman–Crippen LogP) is 2.18. The van der Waals surface area contributed by atoms with Crippen molar-refractivity contribution < 1.29 is 13.9 Å². The highest BCUT2D eigenvalue weighted by molar-refractivity contribution is 5.82. The van der Waals surface area contributed by atoms with Gasteiger partial charge in [-0.3, -0.25) is 4.79 Å². The van der Waals surface area contributed by atoms with Crippen molar-refractivity contribution in [3.05, 3.63) is 47.2 Å². The number of amides is 1. The van der Waals surface area contributed by atoms with E-state index in [2.05, 4.69) is 22.3 Å². The van der Waals surface area contributed by atoms with E-state index >= 15 is 0 Å². The summed E-state index contributed by atoms with van der Waals surface area (Å²) in [6.07, 6.45) is 2.01. The summed E-state index contributed by atoms with van der Waals surface area (Å²) in [6.45, 7) is 2.97. The Morgan fingerprint density at radius 2 is 2.09 bits per heavy atom. The standard InChI is InChI=1S/C17H19N3O3/c1-11-18-19-16(23-11)14-7-4-8-20(14)17(21)15-9-12-5-2-3-6-13(12)10-22-15/h2-3,5-6,14-15H,4,7-10H2,1H3/t14-,15+/m1/s1. The van der Waals surface area contributed by atoms with Gasteiger partial charge in [-0.15, -0.1) is 10.2 Å². The van der Waals surface area contributed by atoms with Crippen LogP contribution in [0.1, 0.15) is 41.8 Å². The summed E-state index contributed by atoms with van der Waals surface area (Å²) in [5.74, 6) is 1.09. The van der Waals surface area contributed by atoms with Crippen LogP contribution in [0.2, 0.25) is 0 Å². The quantitative estimate of drug-likeness (QED) is 0.850. The van der Waals surface area contributed by atoms with E-state index in [1.165, 1.54) is 11.1 Å². The number of carbonyl (C=O) groups is 1. The Labute approximate surface area is 134 Å². The number of aromatic nitrogens is 2. The second-order valence-corrected chi connectivity index (χ2v) is 6.12. The van der Waals surface area contributed by atoms with Crippen LogP contribution in [0.25, 0.3) is 0 Å². The van der Waals surface area contributed by atoms with Gasteiger partial charge in [0.1, 0.15) is 12.1 Å². The first-order valence-corrected chi connectivity index (χ1v) is 8.01. The second kappa shape index (κ2) is 5.77. The average Bonchev–Trinajstić information content (AvgIpc) is 3.22. The number of rotatable bonds is 2. The molecule has 2 aliphatic heterocycles. The zero-order valence-corrected chi connectivity index (χ0v) is 13.1. The van der Waals surface area contributed by atoms with Gasteiger partial charge in [-0.05, 0) is 24.0 Å². The largest absolute Gasteiger partial charge is 0.423 e. The fourth-order valence-corrected chi connectivity index (χ4v) is 3.42. The fraction of sp³-hybridized carbons (Fsp3) is 0.471. The van der Waals surface area contributed by atoms with Crippen LogP contribution in [-0.2, 0) is 22.6 Å². The molecule has 0 unspecified atom stereocenters. The number of benzene rings is 1. The molecule has 0 radical (unpaired) electrons. The van der Waals surface area contributed by atoms with E-state index in [9.17, 15) is 4.79 Å². The minimum Gasteiger partial charge on any atom is -0.423 e. The fourth-order valence-electron chi connectivity index (χ4n) is 3.42. The highest BCUT2D eigenvalue weighted by Crippen LogP contribution is 2.33. The summed E-state index contributed by atoms with van der Waals surface area (Å²) in [5, 5.41) is 7.97. The molecule has 1 fully saturated rings. The molecule has 1 amide bonds. The first kappa shape index (κ1) is 14.4. The molecule has 120 valence electrons. The number of ether oxygens (including phenoxy) is 1. The molecule has 0 N–H and O–H groups in total. The number of aryl methyl sites for hydroxylation is 1. The summed E-state index contributed by atoms with van der Waals surface area (Å²) in [7, 11) is 0. The molecule has 0 bridgehead atoms. The van der Waals surface area contributed by atoms with Crippen LogP contribution in [0.4, 0.5) is 0 Å². The topological polar surface area (TPSA) is 68.5 Å². The Hall–Kier alpha value is -2.21. The molecule has 2 atom stereocenters. The normalized spacial score (nSPS) is 23.8. The van der Waals surface area contributed by atoms with Gasteiger partial charge in [0.05, 0.1) is 6.61 Å². The monoisotopic (exact) mass is 313 g/mol. The summed E-state index contributed by atoms with van der Waals surface area (Å²) in [4.78, 5) is 14.8. The van der Waals surface area contributed by atoms with Crippen molar-refractivity contribution in [1.82, 2.24) is 15.1 Å². The molecule has 1 saturated heterocycles. The van der Waals surface area contributed by atoms with Gasteiger partial charge in [-0.2, -0.15) is 0 Å². The zero-order chi connectivity index (χ0) is 15.8. The lowest BCUT2D eigenvalue weighted by atomic mass is 9.98. The number of likely N-dealkylation sites (tertiary alicyclic amines) is 1. The molecule has 1 aromatic heterocycles. The lowest BCUT2D eigenvalue weighted by Crippen LogP contribution is -2.42. The average molecular weight is 313 g/mol. The summed E-state index contributed by atoms with van der Waals surface area (Å²) >= 11 is 0. The van der Waals surface area contributed by atoms with E-state index in [-0.39, 0.29) is 11.9 Å². The molecular weight excluding hydrogens is 294 g/mol. The van der Waals surface area contributed by atoms with Gasteiger partial charge in [0.2, 0.25) is 11.8 Å². The molecule has 6 heteroatoms. The van der Waals surface area contributed by atoms with Crippen LogP contribution in [0.5, 0.6) is 0 Å². The minimum absolute atomic E-state index is 0.0258. The van der Waals surface area contributed by atoms with Crippen molar-refractivity contribution in [2.45, 2.75) is 44.9 Å². The van der Waals surface area contributed by atoms with Gasteiger partial charge < -0.3 is 14.1 Å². The van der Waals surface area contributed by atoms with E-state index in [1.54, 1.807) is 6.92 Å². The van der Waals surface area contributed by atoms with Crippen LogP contribution >= 0.6 is 0 Å². The smallest absolute Gasteiger partial charge is 0.252 e. The highest BCUT2D eigenvalue weighted by Gasteiger charge is 2.38. The van der Waals surface area contributed by atoms with E-state index in [1.807, 2.05) is 17.0 Å². The van der Waals surface area contributed by atoms with Crippen LogP contribution in [0, 0.1) is 6.92 Å². The number of hydrogen-bond acceptors (Lipinski definition) is 5. The third kappa shape index (κ3) is 2.63. The first-order chi connectivity index (χ1) is 11.2. The van der Waals surface area contributed by atoms with Gasteiger partial charge in [0.15, 0.2) is 0 Å². The van der Waals surface area contributed by atoms with E-state index in [4.69, 9.17) is 9.15 Å². The maximum atomic E-state index is 12.9. The molecule has 2 aliphatic rings. The number of fused-ring (bicyclic) bond motifs is 1. The Morgan fingerprint density at radius 1 is 1.26 bits per heavy atom. The van der Waals surface area contributed by atoms with E-state index < -0.39 is 6.10 Å². The van der Waals surface area contributed by atoms with Crippen molar-refractivity contribution in [3.63, 3.8) is 0 Å². The number of hydrogen-bond donors (Lipinski definition) is 0. The van der Waals surface area contributed by atoms with Gasteiger partial charge >= 0.3 is 0 Å². The van der Waals surface area contributed by atoms with E-state index in [0.717, 1.165) is 12.8 Å². The Kier molecular flexibility index (Phi) is 3.61. The molecule has 3 heterocycles. The van der Waals surface area contributed by atoms with Crippen molar-refractivity contribution in [1.29, 1.82) is 0 Å². The number of carbonyl (C=O) groups excluding carboxylic acids is 1. The van der Waals surface area contributed by atoms with Gasteiger partial charge in [-0.1, -0.05) is 24.3 Å². The molecule has 4 rings (SSSR count). The van der Waals surface area contributed by atoms with Gasteiger partial charge in [0, 0.05) is 19.9 Å². The maximum Gasteiger partial charge on any atom is 0.252 e. The summed E-state index contributed by atoms with van der Waals surface area (Å²) in [6, 6.07) is 8.01. The Bertz CT molecular complexity index is 727. The lowest BCUT2D eigenvalue weighted by Gasteiger charge is -2.30. The molecule has 2 aromatic rings. The van der Waals surface area contributed by atoms with Crippen LogP contribution in [0.15, 0.2) is 28.7 Å². The predicted molar refractivity (Wildman–Crippen MR) is 81.4 cm³/mol. The molecule has 23 heavy (non-hydrogen) atoms. The van der Waals surface area contributed by atoms with Crippen LogP contribution < -0.4 is 0 Å². The van der Waals surface area contributed by atoms with Crippen LogP contribution in [0.3, 0.4) is 0 Å². The number of nitrogens with zero attached hydrogens (tertiary/aromatic N) is 3. The minimum atomic E-state index is -0.422. The third-order valence-electron chi connectivity index (χ3n) is 4.60. The zero-order valence-electron chi connectivity index (χ0n) is 13.1. The Balaban J connectivity index is 1.52. The maximum absolute atomic E-state index is 12.9. The summed E-state index contributed by atoms with van der Waals surface area (Å²) < 4.78 is 11.3. The van der Waals surface area contributed by atoms with Crippen LogP contribution in [-0.4, -0.2) is 33.7 Å². The molecule has 6 nitrogen and oxygen atoms in total. The molecule has 0 aliphatic carbocycles. The molecule has 0 spiro atoms. The SMILES string of the molecule is Cc1nnc([C@H]2CCCN2C(=O)[C@@H]2Cc3ccccc3CO2)o1. The van der Waals surface area contributed by atoms with Gasteiger partial charge in [-0.25, -0.2) is 0 Å². The second-order valence-electron chi connectivity index (χ2n) is 6.12.